The minimum absolute atomic E-state index is 0.0778. The van der Waals surface area contributed by atoms with E-state index in [0.29, 0.717) is 0 Å². The smallest absolute Gasteiger partial charge is 0.318 e. The SMILES string of the molecule is CS(=O)(=O)CCN1CC(C(N)=O)NC1=O. The van der Waals surface area contributed by atoms with Crippen LogP contribution >= 0.6 is 0 Å². The van der Waals surface area contributed by atoms with Gasteiger partial charge in [-0.3, -0.25) is 4.79 Å². The lowest BCUT2D eigenvalue weighted by Crippen LogP contribution is -2.39. The highest BCUT2D eigenvalue weighted by Crippen LogP contribution is 2.03. The highest BCUT2D eigenvalue weighted by Gasteiger charge is 2.32. The van der Waals surface area contributed by atoms with E-state index in [1.807, 2.05) is 0 Å². The summed E-state index contributed by atoms with van der Waals surface area (Å²) in [5, 5.41) is 2.36. The molecule has 0 aromatic rings. The molecule has 8 heteroatoms. The normalized spacial score (nSPS) is 21.5. The molecule has 0 saturated carbocycles. The lowest BCUT2D eigenvalue weighted by Gasteiger charge is -2.12. The molecule has 86 valence electrons. The van der Waals surface area contributed by atoms with Crippen molar-refractivity contribution in [2.45, 2.75) is 6.04 Å². The second kappa shape index (κ2) is 4.05. The molecule has 15 heavy (non-hydrogen) atoms. The number of hydrogen-bond donors (Lipinski definition) is 2. The third-order valence-corrected chi connectivity index (χ3v) is 2.99. The van der Waals surface area contributed by atoms with Crippen molar-refractivity contribution in [3.63, 3.8) is 0 Å². The molecule has 3 amide bonds. The van der Waals surface area contributed by atoms with Gasteiger partial charge >= 0.3 is 6.03 Å². The fourth-order valence-corrected chi connectivity index (χ4v) is 1.77. The van der Waals surface area contributed by atoms with Gasteiger partial charge in [0.15, 0.2) is 0 Å². The summed E-state index contributed by atoms with van der Waals surface area (Å²) in [7, 11) is -3.11. The van der Waals surface area contributed by atoms with Crippen molar-refractivity contribution in [3.8, 4) is 0 Å². The molecule has 1 saturated heterocycles. The average Bonchev–Trinajstić information content (AvgIpc) is 2.42. The van der Waals surface area contributed by atoms with Gasteiger partial charge in [0.2, 0.25) is 5.91 Å². The van der Waals surface area contributed by atoms with Gasteiger partial charge in [-0.2, -0.15) is 0 Å². The summed E-state index contributed by atoms with van der Waals surface area (Å²) < 4.78 is 21.7. The second-order valence-corrected chi connectivity index (χ2v) is 5.74. The Morgan fingerprint density at radius 3 is 2.67 bits per heavy atom. The maximum Gasteiger partial charge on any atom is 0.318 e. The lowest BCUT2D eigenvalue weighted by atomic mass is 10.3. The number of sulfone groups is 1. The number of carbonyl (C=O) groups excluding carboxylic acids is 2. The number of nitrogens with one attached hydrogen (secondary N) is 1. The van der Waals surface area contributed by atoms with Crippen LogP contribution in [0.5, 0.6) is 0 Å². The second-order valence-electron chi connectivity index (χ2n) is 3.48. The summed E-state index contributed by atoms with van der Waals surface area (Å²) in [4.78, 5) is 23.2. The molecule has 0 spiro atoms. The van der Waals surface area contributed by atoms with Crippen LogP contribution in [0.25, 0.3) is 0 Å². The van der Waals surface area contributed by atoms with Crippen LogP contribution < -0.4 is 11.1 Å². The van der Waals surface area contributed by atoms with Crippen molar-refractivity contribution in [1.82, 2.24) is 10.2 Å². The maximum atomic E-state index is 11.2. The van der Waals surface area contributed by atoms with Gasteiger partial charge < -0.3 is 16.0 Å². The average molecular weight is 235 g/mol. The molecule has 1 aliphatic rings. The van der Waals surface area contributed by atoms with Crippen molar-refractivity contribution in [2.75, 3.05) is 25.1 Å². The van der Waals surface area contributed by atoms with Crippen molar-refractivity contribution < 1.29 is 18.0 Å². The molecule has 1 aliphatic heterocycles. The Balaban J connectivity index is 2.52. The molecule has 0 aliphatic carbocycles. The van der Waals surface area contributed by atoms with Gasteiger partial charge in [0.05, 0.1) is 12.3 Å². The van der Waals surface area contributed by atoms with Crippen LogP contribution in [0.2, 0.25) is 0 Å². The van der Waals surface area contributed by atoms with Gasteiger partial charge in [-0.25, -0.2) is 13.2 Å². The van der Waals surface area contributed by atoms with Gasteiger partial charge in [-0.15, -0.1) is 0 Å². The Hall–Kier alpha value is -1.31. The topological polar surface area (TPSA) is 110 Å². The van der Waals surface area contributed by atoms with Crippen LogP contribution in [0.1, 0.15) is 0 Å². The minimum atomic E-state index is -3.11. The first-order valence-electron chi connectivity index (χ1n) is 4.32. The van der Waals surface area contributed by atoms with Gasteiger partial charge in [0, 0.05) is 12.8 Å². The lowest BCUT2D eigenvalue weighted by molar-refractivity contribution is -0.119. The summed E-state index contributed by atoms with van der Waals surface area (Å²) in [5.41, 5.74) is 5.01. The molecule has 0 bridgehead atoms. The number of hydrogen-bond acceptors (Lipinski definition) is 4. The Kier molecular flexibility index (Phi) is 3.18. The molecule has 1 rings (SSSR count). The van der Waals surface area contributed by atoms with Crippen molar-refractivity contribution in [1.29, 1.82) is 0 Å². The summed E-state index contributed by atoms with van der Waals surface area (Å²) in [6.07, 6.45) is 1.09. The van der Waals surface area contributed by atoms with Crippen LogP contribution in [0.4, 0.5) is 4.79 Å². The number of urea groups is 1. The van der Waals surface area contributed by atoms with Crippen molar-refractivity contribution in [2.24, 2.45) is 5.73 Å². The van der Waals surface area contributed by atoms with E-state index < -0.39 is 27.8 Å². The number of rotatable bonds is 4. The Labute approximate surface area is 87.5 Å². The molecular weight excluding hydrogens is 222 g/mol. The molecular formula is C7H13N3O4S. The third kappa shape index (κ3) is 3.39. The zero-order chi connectivity index (χ0) is 11.6. The first kappa shape index (κ1) is 11.8. The van der Waals surface area contributed by atoms with E-state index in [4.69, 9.17) is 5.73 Å². The van der Waals surface area contributed by atoms with Gasteiger partial charge in [0.25, 0.3) is 0 Å². The number of amides is 3. The van der Waals surface area contributed by atoms with Crippen molar-refractivity contribution >= 4 is 21.8 Å². The van der Waals surface area contributed by atoms with E-state index in [1.165, 1.54) is 4.90 Å². The number of nitrogens with two attached hydrogens (primary N) is 1. The number of nitrogens with zero attached hydrogens (tertiary/aromatic N) is 1. The van der Waals surface area contributed by atoms with Gasteiger partial charge in [0.1, 0.15) is 15.9 Å². The minimum Gasteiger partial charge on any atom is -0.368 e. The Morgan fingerprint density at radius 1 is 1.67 bits per heavy atom. The molecule has 0 radical (unpaired) electrons. The van der Waals surface area contributed by atoms with E-state index in [0.717, 1.165) is 6.26 Å². The highest BCUT2D eigenvalue weighted by atomic mass is 32.2. The van der Waals surface area contributed by atoms with Crippen LogP contribution in [0.3, 0.4) is 0 Å². The summed E-state index contributed by atoms with van der Waals surface area (Å²) in [6.45, 7) is 0.206. The van der Waals surface area contributed by atoms with Crippen LogP contribution in [0.15, 0.2) is 0 Å². The monoisotopic (exact) mass is 235 g/mol. The van der Waals surface area contributed by atoms with E-state index >= 15 is 0 Å². The molecule has 1 heterocycles. The molecule has 0 aromatic carbocycles. The fraction of sp³-hybridized carbons (Fsp3) is 0.714. The quantitative estimate of drug-likeness (QED) is 0.582. The van der Waals surface area contributed by atoms with Crippen LogP contribution in [-0.2, 0) is 14.6 Å². The largest absolute Gasteiger partial charge is 0.368 e. The zero-order valence-corrected chi connectivity index (χ0v) is 9.08. The third-order valence-electron chi connectivity index (χ3n) is 2.06. The molecule has 1 fully saturated rings. The van der Waals surface area contributed by atoms with Gasteiger partial charge in [-0.1, -0.05) is 0 Å². The standard InChI is InChI=1S/C7H13N3O4S/c1-15(13,14)3-2-10-4-5(6(8)11)9-7(10)12/h5H,2-4H2,1H3,(H2,8,11)(H,9,12). The van der Waals surface area contributed by atoms with E-state index in [1.54, 1.807) is 0 Å². The first-order valence-corrected chi connectivity index (χ1v) is 6.38. The Morgan fingerprint density at radius 2 is 2.27 bits per heavy atom. The number of primary amides is 1. The molecule has 1 atom stereocenters. The van der Waals surface area contributed by atoms with E-state index in [2.05, 4.69) is 5.32 Å². The summed E-state index contributed by atoms with van der Waals surface area (Å²) in [5.74, 6) is -0.739. The van der Waals surface area contributed by atoms with E-state index in [-0.39, 0.29) is 18.8 Å². The maximum absolute atomic E-state index is 11.2. The summed E-state index contributed by atoms with van der Waals surface area (Å²) in [6, 6.07) is -1.18. The summed E-state index contributed by atoms with van der Waals surface area (Å²) >= 11 is 0. The molecule has 3 N–H and O–H groups in total. The molecule has 0 aromatic heterocycles. The van der Waals surface area contributed by atoms with Crippen LogP contribution in [0, 0.1) is 0 Å². The zero-order valence-electron chi connectivity index (χ0n) is 8.26. The fourth-order valence-electron chi connectivity index (χ4n) is 1.22. The number of carbonyl (C=O) groups is 2. The van der Waals surface area contributed by atoms with E-state index in [9.17, 15) is 18.0 Å². The first-order chi connectivity index (χ1) is 6.79. The van der Waals surface area contributed by atoms with Gasteiger partial charge in [-0.05, 0) is 0 Å². The predicted octanol–water partition coefficient (Wildman–Crippen LogP) is -2.09. The molecule has 1 unspecified atom stereocenters. The van der Waals surface area contributed by atoms with Crippen molar-refractivity contribution in [3.05, 3.63) is 0 Å². The Bertz CT molecular complexity index is 378. The van der Waals surface area contributed by atoms with Crippen LogP contribution in [-0.4, -0.2) is 56.4 Å². The highest BCUT2D eigenvalue weighted by molar-refractivity contribution is 7.90. The molecule has 7 nitrogen and oxygen atoms in total. The predicted molar refractivity (Wildman–Crippen MR) is 52.8 cm³/mol.